The minimum atomic E-state index is -0.823. The van der Waals surface area contributed by atoms with E-state index in [9.17, 15) is 4.79 Å². The Kier molecular flexibility index (Phi) is 10.6. The Balaban J connectivity index is 1.89. The molecule has 0 aromatic heterocycles. The van der Waals surface area contributed by atoms with E-state index in [1.165, 1.54) is 64.2 Å². The van der Waals surface area contributed by atoms with Crippen molar-refractivity contribution in [2.24, 2.45) is 0 Å². The van der Waals surface area contributed by atoms with Crippen molar-refractivity contribution >= 4 is 5.91 Å². The average molecular weight is 310 g/mol. The van der Waals surface area contributed by atoms with Crippen molar-refractivity contribution in [2.45, 2.75) is 109 Å². The van der Waals surface area contributed by atoms with Gasteiger partial charge in [0.25, 0.3) is 0 Å². The molecule has 0 aromatic carbocycles. The first kappa shape index (κ1) is 19.5. The molecule has 3 heteroatoms. The number of amides is 1. The highest BCUT2D eigenvalue weighted by molar-refractivity contribution is 5.85. The lowest BCUT2D eigenvalue weighted by Gasteiger charge is -2.30. The minimum absolute atomic E-state index is 0.0249. The summed E-state index contributed by atoms with van der Waals surface area (Å²) in [5.74, 6) is -0.0249. The van der Waals surface area contributed by atoms with Crippen LogP contribution in [-0.4, -0.2) is 18.0 Å². The van der Waals surface area contributed by atoms with Crippen molar-refractivity contribution in [2.75, 3.05) is 6.54 Å². The molecule has 1 aliphatic carbocycles. The molecule has 1 radical (unpaired) electrons. The van der Waals surface area contributed by atoms with Gasteiger partial charge >= 0.3 is 0 Å². The fraction of sp³-hybridized carbons (Fsp3) is 0.947. The summed E-state index contributed by atoms with van der Waals surface area (Å²) in [6.07, 6.45) is 17.9. The number of hydrogen-bond donors (Lipinski definition) is 1. The molecule has 1 aliphatic rings. The summed E-state index contributed by atoms with van der Waals surface area (Å²) in [5.41, 5.74) is 7.43. The third-order valence-corrected chi connectivity index (χ3v) is 4.96. The molecule has 2 N–H and O–H groups in total. The zero-order chi connectivity index (χ0) is 16.1. The topological polar surface area (TPSA) is 52.9 Å². The van der Waals surface area contributed by atoms with E-state index in [1.54, 1.807) is 0 Å². The lowest BCUT2D eigenvalue weighted by atomic mass is 9.82. The van der Waals surface area contributed by atoms with Crippen molar-refractivity contribution in [3.8, 4) is 0 Å². The molecule has 0 spiro atoms. The monoisotopic (exact) mass is 309 g/mol. The Morgan fingerprint density at radius 3 is 1.91 bits per heavy atom. The van der Waals surface area contributed by atoms with E-state index in [0.717, 1.165) is 38.6 Å². The van der Waals surface area contributed by atoms with E-state index in [4.69, 9.17) is 5.73 Å². The van der Waals surface area contributed by atoms with Crippen molar-refractivity contribution in [3.05, 3.63) is 0 Å². The van der Waals surface area contributed by atoms with Gasteiger partial charge in [-0.15, -0.1) is 0 Å². The molecule has 22 heavy (non-hydrogen) atoms. The van der Waals surface area contributed by atoms with E-state index in [-0.39, 0.29) is 5.91 Å². The predicted octanol–water partition coefficient (Wildman–Crippen LogP) is 5.01. The lowest BCUT2D eigenvalue weighted by molar-refractivity contribution is -0.127. The zero-order valence-corrected chi connectivity index (χ0v) is 14.7. The predicted molar refractivity (Wildman–Crippen MR) is 93.8 cm³/mol. The normalized spacial score (nSPS) is 17.4. The van der Waals surface area contributed by atoms with E-state index in [0.29, 0.717) is 0 Å². The van der Waals surface area contributed by atoms with Crippen LogP contribution in [0.1, 0.15) is 103 Å². The van der Waals surface area contributed by atoms with Crippen LogP contribution in [0.4, 0.5) is 0 Å². The van der Waals surface area contributed by atoms with Crippen LogP contribution in [0.15, 0.2) is 0 Å². The Morgan fingerprint density at radius 2 is 1.36 bits per heavy atom. The first-order chi connectivity index (χ1) is 10.7. The Morgan fingerprint density at radius 1 is 0.864 bits per heavy atom. The molecule has 0 aromatic rings. The van der Waals surface area contributed by atoms with Crippen molar-refractivity contribution in [1.29, 1.82) is 0 Å². The largest absolute Gasteiger partial charge is 0.354 e. The van der Waals surface area contributed by atoms with Gasteiger partial charge in [0.15, 0.2) is 0 Å². The molecule has 3 nitrogen and oxygen atoms in total. The molecule has 0 atom stereocenters. The Hall–Kier alpha value is -0.570. The second kappa shape index (κ2) is 11.9. The first-order valence-electron chi connectivity index (χ1n) is 9.72. The highest BCUT2D eigenvalue weighted by Crippen LogP contribution is 2.27. The molecular formula is C19H37N2O. The molecule has 0 saturated heterocycles. The number of carbonyl (C=O) groups excluding carboxylic acids is 1. The van der Waals surface area contributed by atoms with E-state index in [2.05, 4.69) is 12.2 Å². The molecule has 129 valence electrons. The molecule has 0 aliphatic heterocycles. The van der Waals surface area contributed by atoms with Crippen molar-refractivity contribution in [3.63, 3.8) is 0 Å². The van der Waals surface area contributed by atoms with E-state index < -0.39 is 5.54 Å². The summed E-state index contributed by atoms with van der Waals surface area (Å²) in [4.78, 5) is 12.1. The van der Waals surface area contributed by atoms with Gasteiger partial charge < -0.3 is 5.32 Å². The zero-order valence-electron chi connectivity index (χ0n) is 14.7. The van der Waals surface area contributed by atoms with E-state index in [1.807, 2.05) is 0 Å². The maximum Gasteiger partial charge on any atom is 0.241 e. The van der Waals surface area contributed by atoms with Gasteiger partial charge in [0, 0.05) is 6.54 Å². The average Bonchev–Trinajstić information content (AvgIpc) is 2.53. The molecule has 1 saturated carbocycles. The number of rotatable bonds is 12. The van der Waals surface area contributed by atoms with Crippen LogP contribution in [0, 0.1) is 0 Å². The van der Waals surface area contributed by atoms with Crippen LogP contribution in [0.25, 0.3) is 0 Å². The standard InChI is InChI=1S/C19H37N2O/c1-2-3-4-5-6-7-8-9-10-14-17-21-18(22)19(20)15-12-11-13-16-19/h20H,2-17H2,1H3,(H,21,22). The van der Waals surface area contributed by atoms with Gasteiger partial charge in [0.2, 0.25) is 5.91 Å². The summed E-state index contributed by atoms with van der Waals surface area (Å²) in [5, 5.41) is 2.99. The van der Waals surface area contributed by atoms with Crippen LogP contribution in [0.2, 0.25) is 0 Å². The highest BCUT2D eigenvalue weighted by atomic mass is 16.2. The van der Waals surface area contributed by atoms with E-state index >= 15 is 0 Å². The SMILES string of the molecule is CCCCCCCCCCCCNC(=O)C1([NH])CCCCC1. The van der Waals surface area contributed by atoms with Gasteiger partial charge in [0.05, 0.1) is 0 Å². The number of carbonyl (C=O) groups is 1. The molecule has 0 bridgehead atoms. The summed E-state index contributed by atoms with van der Waals surface area (Å²) >= 11 is 0. The molecule has 0 unspecified atom stereocenters. The third kappa shape index (κ3) is 8.17. The summed E-state index contributed by atoms with van der Waals surface area (Å²) in [6.45, 7) is 3.02. The fourth-order valence-electron chi connectivity index (χ4n) is 3.37. The van der Waals surface area contributed by atoms with Crippen LogP contribution < -0.4 is 11.1 Å². The molecule has 1 amide bonds. The molecule has 1 fully saturated rings. The quantitative estimate of drug-likeness (QED) is 0.506. The second-order valence-electron chi connectivity index (χ2n) is 7.08. The van der Waals surface area contributed by atoms with Gasteiger partial charge in [-0.05, 0) is 19.3 Å². The smallest absolute Gasteiger partial charge is 0.241 e. The maximum absolute atomic E-state index is 12.1. The Labute approximate surface area is 137 Å². The van der Waals surface area contributed by atoms with Gasteiger partial charge in [0.1, 0.15) is 5.54 Å². The molecular weight excluding hydrogens is 272 g/mol. The number of unbranched alkanes of at least 4 members (excludes halogenated alkanes) is 9. The first-order valence-corrected chi connectivity index (χ1v) is 9.72. The van der Waals surface area contributed by atoms with Crippen LogP contribution >= 0.6 is 0 Å². The van der Waals surface area contributed by atoms with Gasteiger partial charge in [-0.2, -0.15) is 0 Å². The summed E-state index contributed by atoms with van der Waals surface area (Å²) < 4.78 is 0. The second-order valence-corrected chi connectivity index (χ2v) is 7.08. The van der Waals surface area contributed by atoms with Crippen LogP contribution in [-0.2, 0) is 4.79 Å². The molecule has 1 rings (SSSR count). The summed E-state index contributed by atoms with van der Waals surface area (Å²) in [7, 11) is 0. The van der Waals surface area contributed by atoms with Gasteiger partial charge in [-0.3, -0.25) is 4.79 Å². The third-order valence-electron chi connectivity index (χ3n) is 4.96. The fourth-order valence-corrected chi connectivity index (χ4v) is 3.37. The highest BCUT2D eigenvalue weighted by Gasteiger charge is 2.35. The number of nitrogens with one attached hydrogen (secondary N) is 2. The number of hydrogen-bond acceptors (Lipinski definition) is 1. The summed E-state index contributed by atoms with van der Waals surface area (Å²) in [6, 6.07) is 0. The van der Waals surface area contributed by atoms with Crippen LogP contribution in [0.3, 0.4) is 0 Å². The van der Waals surface area contributed by atoms with Crippen molar-refractivity contribution in [1.82, 2.24) is 11.1 Å². The lowest BCUT2D eigenvalue weighted by Crippen LogP contribution is -2.49. The van der Waals surface area contributed by atoms with Crippen LogP contribution in [0.5, 0.6) is 0 Å². The van der Waals surface area contributed by atoms with Crippen molar-refractivity contribution < 1.29 is 4.79 Å². The van der Waals surface area contributed by atoms with Gasteiger partial charge in [-0.25, -0.2) is 5.73 Å². The minimum Gasteiger partial charge on any atom is -0.354 e. The molecule has 0 heterocycles. The Bertz CT molecular complexity index is 285. The maximum atomic E-state index is 12.1. The van der Waals surface area contributed by atoms with Gasteiger partial charge in [-0.1, -0.05) is 84.0 Å².